The normalized spacial score (nSPS) is 14.7. The van der Waals surface area contributed by atoms with Crippen molar-refractivity contribution >= 4 is 23.7 Å². The Hall–Kier alpha value is -3.72. The molecule has 0 spiro atoms. The summed E-state index contributed by atoms with van der Waals surface area (Å²) >= 11 is 0. The summed E-state index contributed by atoms with van der Waals surface area (Å²) in [4.78, 5) is 51.3. The van der Waals surface area contributed by atoms with E-state index in [4.69, 9.17) is 0 Å². The molecule has 0 saturated carbocycles. The lowest BCUT2D eigenvalue weighted by Gasteiger charge is -2.31. The summed E-state index contributed by atoms with van der Waals surface area (Å²) in [6.45, 7) is 4.19. The number of benzene rings is 2. The van der Waals surface area contributed by atoms with E-state index < -0.39 is 30.0 Å². The van der Waals surface area contributed by atoms with Crippen LogP contribution in [0.2, 0.25) is 0 Å². The van der Waals surface area contributed by atoms with E-state index in [2.05, 4.69) is 10.6 Å². The molecule has 2 aromatic rings. The van der Waals surface area contributed by atoms with Crippen molar-refractivity contribution in [1.82, 2.24) is 15.5 Å². The van der Waals surface area contributed by atoms with Crippen molar-refractivity contribution in [1.29, 1.82) is 0 Å². The van der Waals surface area contributed by atoms with Gasteiger partial charge in [0.2, 0.25) is 5.91 Å². The predicted octanol–water partition coefficient (Wildman–Crippen LogP) is 2.50. The second-order valence-corrected chi connectivity index (χ2v) is 8.71. The van der Waals surface area contributed by atoms with Gasteiger partial charge in [-0.25, -0.2) is 0 Å². The Labute approximate surface area is 197 Å². The van der Waals surface area contributed by atoms with E-state index in [1.54, 1.807) is 0 Å². The van der Waals surface area contributed by atoms with Crippen LogP contribution >= 0.6 is 0 Å². The van der Waals surface area contributed by atoms with Gasteiger partial charge in [-0.1, -0.05) is 44.2 Å². The predicted molar refractivity (Wildman–Crippen MR) is 124 cm³/mol. The van der Waals surface area contributed by atoms with Crippen LogP contribution in [0.15, 0.2) is 48.5 Å². The molecule has 34 heavy (non-hydrogen) atoms. The Morgan fingerprint density at radius 3 is 2.32 bits per heavy atom. The van der Waals surface area contributed by atoms with Crippen molar-refractivity contribution in [2.24, 2.45) is 5.92 Å². The highest BCUT2D eigenvalue weighted by Crippen LogP contribution is 2.28. The van der Waals surface area contributed by atoms with Crippen molar-refractivity contribution < 1.29 is 29.4 Å². The van der Waals surface area contributed by atoms with Crippen LogP contribution < -0.4 is 10.6 Å². The summed E-state index contributed by atoms with van der Waals surface area (Å²) in [6, 6.07) is 12.5. The van der Waals surface area contributed by atoms with Crippen LogP contribution in [0.1, 0.15) is 59.4 Å². The molecule has 2 atom stereocenters. The number of phenols is 1. The van der Waals surface area contributed by atoms with Crippen LogP contribution in [0.3, 0.4) is 0 Å². The van der Waals surface area contributed by atoms with E-state index in [0.29, 0.717) is 13.0 Å². The summed E-state index contributed by atoms with van der Waals surface area (Å²) < 4.78 is 0. The minimum absolute atomic E-state index is 0.0427. The fourth-order valence-electron chi connectivity index (χ4n) is 3.94. The fraction of sp³-hybridized carbons (Fsp3) is 0.360. The molecule has 9 nitrogen and oxygen atoms in total. The molecule has 3 amide bonds. The Morgan fingerprint density at radius 2 is 1.68 bits per heavy atom. The van der Waals surface area contributed by atoms with Crippen LogP contribution in [0, 0.1) is 5.92 Å². The maximum Gasteiger partial charge on any atom is 0.303 e. The van der Waals surface area contributed by atoms with E-state index in [1.807, 2.05) is 44.2 Å². The molecule has 0 bridgehead atoms. The second-order valence-electron chi connectivity index (χ2n) is 8.71. The SMILES string of the molecule is CC(C)C[C@H](NC(CCC(=O)O)N1C(=O)c2ccc(O)cc2C1=O)C(=O)NCc1ccccc1. The van der Waals surface area contributed by atoms with Crippen molar-refractivity contribution in [3.05, 3.63) is 65.2 Å². The summed E-state index contributed by atoms with van der Waals surface area (Å²) in [5.41, 5.74) is 1.08. The Balaban J connectivity index is 1.82. The van der Waals surface area contributed by atoms with Crippen LogP contribution in [0.5, 0.6) is 5.75 Å². The number of imide groups is 1. The van der Waals surface area contributed by atoms with Crippen molar-refractivity contribution in [3.63, 3.8) is 0 Å². The summed E-state index contributed by atoms with van der Waals surface area (Å²) in [5, 5.41) is 24.9. The van der Waals surface area contributed by atoms with Gasteiger partial charge in [0.25, 0.3) is 11.8 Å². The molecule has 0 fully saturated rings. The Morgan fingerprint density at radius 1 is 1.00 bits per heavy atom. The molecular weight excluding hydrogens is 438 g/mol. The van der Waals surface area contributed by atoms with Gasteiger partial charge in [0.15, 0.2) is 0 Å². The van der Waals surface area contributed by atoms with E-state index in [0.717, 1.165) is 10.5 Å². The number of phenolic OH excluding ortho intramolecular Hbond substituents is 1. The number of fused-ring (bicyclic) bond motifs is 1. The van der Waals surface area contributed by atoms with Gasteiger partial charge in [-0.3, -0.25) is 29.4 Å². The van der Waals surface area contributed by atoms with Gasteiger partial charge in [0.1, 0.15) is 5.75 Å². The molecule has 1 unspecified atom stereocenters. The Bertz CT molecular complexity index is 1070. The second kappa shape index (κ2) is 10.9. The number of amides is 3. The molecule has 9 heteroatoms. The number of hydrogen-bond acceptors (Lipinski definition) is 6. The number of rotatable bonds is 11. The number of nitrogens with one attached hydrogen (secondary N) is 2. The molecule has 0 aliphatic carbocycles. The lowest BCUT2D eigenvalue weighted by Crippen LogP contribution is -2.56. The minimum atomic E-state index is -1.09. The minimum Gasteiger partial charge on any atom is -0.508 e. The Kier molecular flexibility index (Phi) is 8.01. The molecule has 2 aromatic carbocycles. The van der Waals surface area contributed by atoms with E-state index >= 15 is 0 Å². The van der Waals surface area contributed by atoms with Gasteiger partial charge in [-0.15, -0.1) is 0 Å². The number of nitrogens with zero attached hydrogens (tertiary/aromatic N) is 1. The zero-order valence-electron chi connectivity index (χ0n) is 19.2. The van der Waals surface area contributed by atoms with Gasteiger partial charge in [-0.05, 0) is 42.5 Å². The first kappa shape index (κ1) is 24.9. The molecule has 1 aliphatic rings. The average molecular weight is 468 g/mol. The van der Waals surface area contributed by atoms with Gasteiger partial charge < -0.3 is 15.5 Å². The third-order valence-electron chi connectivity index (χ3n) is 5.57. The molecule has 0 radical (unpaired) electrons. The van der Waals surface area contributed by atoms with Crippen LogP contribution in [0.4, 0.5) is 0 Å². The molecule has 0 aromatic heterocycles. The number of hydrogen-bond donors (Lipinski definition) is 4. The first-order chi connectivity index (χ1) is 16.2. The zero-order chi connectivity index (χ0) is 24.8. The van der Waals surface area contributed by atoms with Crippen molar-refractivity contribution in [2.45, 2.75) is 51.9 Å². The molecule has 180 valence electrons. The highest BCUT2D eigenvalue weighted by Gasteiger charge is 2.41. The van der Waals surface area contributed by atoms with E-state index in [1.165, 1.54) is 18.2 Å². The molecule has 1 aliphatic heterocycles. The monoisotopic (exact) mass is 467 g/mol. The maximum absolute atomic E-state index is 13.1. The molecular formula is C25H29N3O6. The van der Waals surface area contributed by atoms with Crippen molar-refractivity contribution in [2.75, 3.05) is 0 Å². The number of carboxylic acid groups (broad SMARTS) is 1. The van der Waals surface area contributed by atoms with Crippen LogP contribution in [0.25, 0.3) is 0 Å². The van der Waals surface area contributed by atoms with E-state index in [-0.39, 0.29) is 41.5 Å². The maximum atomic E-state index is 13.1. The highest BCUT2D eigenvalue weighted by molar-refractivity contribution is 6.21. The standard InChI is InChI=1S/C25H29N3O6/c1-15(2)12-20(23(32)26-14-16-6-4-3-5-7-16)27-21(10-11-22(30)31)28-24(33)18-9-8-17(29)13-19(18)25(28)34/h3-9,13,15,20-21,27,29H,10-12,14H2,1-2H3,(H,26,32)(H,30,31)/t20-,21?/m0/s1. The zero-order valence-corrected chi connectivity index (χ0v) is 19.2. The van der Waals surface area contributed by atoms with Crippen LogP contribution in [-0.2, 0) is 16.1 Å². The highest BCUT2D eigenvalue weighted by atomic mass is 16.4. The molecule has 4 N–H and O–H groups in total. The first-order valence-corrected chi connectivity index (χ1v) is 11.2. The summed E-state index contributed by atoms with van der Waals surface area (Å²) in [6.07, 6.45) is -0.991. The van der Waals surface area contributed by atoms with Gasteiger partial charge >= 0.3 is 5.97 Å². The molecule has 0 saturated heterocycles. The summed E-state index contributed by atoms with van der Waals surface area (Å²) in [5.74, 6) is -2.70. The van der Waals surface area contributed by atoms with Gasteiger partial charge in [0.05, 0.1) is 23.3 Å². The summed E-state index contributed by atoms with van der Waals surface area (Å²) in [7, 11) is 0. The quantitative estimate of drug-likeness (QED) is 0.373. The molecule has 1 heterocycles. The topological polar surface area (TPSA) is 136 Å². The number of carbonyl (C=O) groups excluding carboxylic acids is 3. The van der Waals surface area contributed by atoms with Gasteiger partial charge in [-0.2, -0.15) is 0 Å². The first-order valence-electron chi connectivity index (χ1n) is 11.2. The van der Waals surface area contributed by atoms with Gasteiger partial charge in [0, 0.05) is 13.0 Å². The smallest absolute Gasteiger partial charge is 0.303 e. The number of carboxylic acids is 1. The number of carbonyl (C=O) groups is 4. The largest absolute Gasteiger partial charge is 0.508 e. The molecule has 3 rings (SSSR count). The lowest BCUT2D eigenvalue weighted by molar-refractivity contribution is -0.137. The average Bonchev–Trinajstić information content (AvgIpc) is 3.04. The third kappa shape index (κ3) is 5.99. The lowest BCUT2D eigenvalue weighted by atomic mass is 10.0. The number of aromatic hydroxyl groups is 1. The fourth-order valence-corrected chi connectivity index (χ4v) is 3.94. The third-order valence-corrected chi connectivity index (χ3v) is 5.57. The number of aliphatic carboxylic acids is 1. The van der Waals surface area contributed by atoms with Crippen molar-refractivity contribution in [3.8, 4) is 5.75 Å². The van der Waals surface area contributed by atoms with Crippen LogP contribution in [-0.4, -0.2) is 51.0 Å². The van der Waals surface area contributed by atoms with E-state index in [9.17, 15) is 29.4 Å².